The van der Waals surface area contributed by atoms with Gasteiger partial charge in [0, 0.05) is 45.9 Å². The Kier molecular flexibility index (Phi) is 4.01. The van der Waals surface area contributed by atoms with Crippen LogP contribution in [0.15, 0.2) is 0 Å². The Morgan fingerprint density at radius 3 is 2.59 bits per heavy atom. The van der Waals surface area contributed by atoms with Crippen LogP contribution in [0.4, 0.5) is 0 Å². The Bertz CT molecular complexity index is 285. The number of methoxy groups -OCH3 is 2. The first-order valence-electron chi connectivity index (χ1n) is 6.22. The first-order chi connectivity index (χ1) is 8.22. The van der Waals surface area contributed by atoms with E-state index in [1.807, 2.05) is 4.90 Å². The van der Waals surface area contributed by atoms with E-state index in [1.165, 1.54) is 6.42 Å². The van der Waals surface area contributed by atoms with Gasteiger partial charge in [0.2, 0.25) is 5.91 Å². The Morgan fingerprint density at radius 2 is 2.00 bits per heavy atom. The Labute approximate surface area is 103 Å². The summed E-state index contributed by atoms with van der Waals surface area (Å²) in [6.45, 7) is 4.81. The number of likely N-dealkylation sites (tertiary alicyclic amines) is 2. The molecular weight excluding hydrogens is 220 g/mol. The maximum Gasteiger partial charge on any atom is 0.248 e. The molecule has 1 spiro atoms. The van der Waals surface area contributed by atoms with Crippen molar-refractivity contribution in [1.82, 2.24) is 9.80 Å². The van der Waals surface area contributed by atoms with Crippen molar-refractivity contribution in [2.24, 2.45) is 0 Å². The van der Waals surface area contributed by atoms with Crippen LogP contribution in [0.2, 0.25) is 0 Å². The lowest BCUT2D eigenvalue weighted by Gasteiger charge is -2.50. The van der Waals surface area contributed by atoms with E-state index in [0.29, 0.717) is 0 Å². The van der Waals surface area contributed by atoms with E-state index < -0.39 is 0 Å². The molecule has 0 aromatic rings. The van der Waals surface area contributed by atoms with Gasteiger partial charge in [0.05, 0.1) is 6.61 Å². The molecule has 1 amide bonds. The van der Waals surface area contributed by atoms with Gasteiger partial charge in [-0.15, -0.1) is 0 Å². The average Bonchev–Trinajstić information content (AvgIpc) is 2.76. The molecule has 1 atom stereocenters. The number of amides is 1. The summed E-state index contributed by atoms with van der Waals surface area (Å²) in [5.41, 5.74) is 0.238. The molecule has 5 nitrogen and oxygen atoms in total. The second-order valence-corrected chi connectivity index (χ2v) is 4.95. The summed E-state index contributed by atoms with van der Waals surface area (Å²) >= 11 is 0. The zero-order valence-electron chi connectivity index (χ0n) is 10.8. The number of hydrogen-bond acceptors (Lipinski definition) is 4. The first-order valence-corrected chi connectivity index (χ1v) is 6.22. The molecule has 0 aliphatic carbocycles. The highest BCUT2D eigenvalue weighted by molar-refractivity contribution is 5.78. The highest BCUT2D eigenvalue weighted by Gasteiger charge is 2.49. The second kappa shape index (κ2) is 5.33. The molecule has 2 aliphatic rings. The van der Waals surface area contributed by atoms with Gasteiger partial charge in [0.15, 0.2) is 0 Å². The molecule has 1 unspecified atom stereocenters. The van der Waals surface area contributed by atoms with E-state index in [9.17, 15) is 4.79 Å². The van der Waals surface area contributed by atoms with Crippen LogP contribution in [-0.2, 0) is 14.3 Å². The fourth-order valence-corrected chi connectivity index (χ4v) is 2.88. The number of hydrogen-bond donors (Lipinski definition) is 0. The average molecular weight is 242 g/mol. The molecule has 0 N–H and O–H groups in total. The molecule has 0 aromatic carbocycles. The zero-order chi connectivity index (χ0) is 12.3. The number of rotatable bonds is 5. The van der Waals surface area contributed by atoms with Crippen molar-refractivity contribution >= 4 is 5.91 Å². The number of carbonyl (C=O) groups is 1. The number of ether oxygens (including phenoxy) is 2. The lowest BCUT2D eigenvalue weighted by Crippen LogP contribution is -2.62. The van der Waals surface area contributed by atoms with E-state index in [0.717, 1.165) is 39.2 Å². The largest absolute Gasteiger partial charge is 0.383 e. The van der Waals surface area contributed by atoms with Gasteiger partial charge < -0.3 is 14.4 Å². The standard InChI is InChI=1S/C12H22N2O3/c1-16-8-7-14-6-4-12(14)3-5-13(10-12)11(15)9-17-2/h3-10H2,1-2H3. The van der Waals surface area contributed by atoms with Crippen molar-refractivity contribution in [1.29, 1.82) is 0 Å². The SMILES string of the molecule is COCCN1CCC12CCN(C(=O)COC)C2. The predicted molar refractivity (Wildman–Crippen MR) is 63.9 cm³/mol. The summed E-state index contributed by atoms with van der Waals surface area (Å²) < 4.78 is 10.0. The van der Waals surface area contributed by atoms with Crippen molar-refractivity contribution in [2.45, 2.75) is 18.4 Å². The topological polar surface area (TPSA) is 42.0 Å². The van der Waals surface area contributed by atoms with E-state index >= 15 is 0 Å². The van der Waals surface area contributed by atoms with Crippen molar-refractivity contribution < 1.29 is 14.3 Å². The van der Waals surface area contributed by atoms with Gasteiger partial charge >= 0.3 is 0 Å². The maximum atomic E-state index is 11.8. The third-order valence-electron chi connectivity index (χ3n) is 4.04. The number of carbonyl (C=O) groups excluding carboxylic acids is 1. The third-order valence-corrected chi connectivity index (χ3v) is 4.04. The van der Waals surface area contributed by atoms with Gasteiger partial charge in [-0.25, -0.2) is 0 Å². The lowest BCUT2D eigenvalue weighted by atomic mass is 9.84. The first kappa shape index (κ1) is 12.8. The van der Waals surface area contributed by atoms with Crippen LogP contribution in [0, 0.1) is 0 Å². The van der Waals surface area contributed by atoms with Gasteiger partial charge in [-0.3, -0.25) is 9.69 Å². The molecule has 17 heavy (non-hydrogen) atoms. The minimum Gasteiger partial charge on any atom is -0.383 e. The Morgan fingerprint density at radius 1 is 1.24 bits per heavy atom. The molecule has 2 saturated heterocycles. The fraction of sp³-hybridized carbons (Fsp3) is 0.917. The highest BCUT2D eigenvalue weighted by atomic mass is 16.5. The summed E-state index contributed by atoms with van der Waals surface area (Å²) in [5.74, 6) is 0.114. The number of nitrogens with zero attached hydrogens (tertiary/aromatic N) is 2. The summed E-state index contributed by atoms with van der Waals surface area (Å²) in [6.07, 6.45) is 2.29. The van der Waals surface area contributed by atoms with E-state index in [2.05, 4.69) is 4.90 Å². The molecule has 0 saturated carbocycles. The maximum absolute atomic E-state index is 11.8. The highest BCUT2D eigenvalue weighted by Crippen LogP contribution is 2.38. The van der Waals surface area contributed by atoms with Crippen molar-refractivity contribution in [3.05, 3.63) is 0 Å². The predicted octanol–water partition coefficient (Wildman–Crippen LogP) is -0.0440. The molecule has 2 aliphatic heterocycles. The molecule has 2 rings (SSSR count). The van der Waals surface area contributed by atoms with E-state index in [4.69, 9.17) is 9.47 Å². The summed E-state index contributed by atoms with van der Waals surface area (Å²) in [5, 5.41) is 0. The summed E-state index contributed by atoms with van der Waals surface area (Å²) in [7, 11) is 3.30. The van der Waals surface area contributed by atoms with Crippen molar-refractivity contribution in [3.63, 3.8) is 0 Å². The zero-order valence-corrected chi connectivity index (χ0v) is 10.8. The Balaban J connectivity index is 1.86. The molecule has 98 valence electrons. The second-order valence-electron chi connectivity index (χ2n) is 4.95. The molecule has 0 bridgehead atoms. The van der Waals surface area contributed by atoms with Crippen LogP contribution in [-0.4, -0.2) is 74.9 Å². The molecule has 0 aromatic heterocycles. The van der Waals surface area contributed by atoms with Gasteiger partial charge in [-0.2, -0.15) is 0 Å². The van der Waals surface area contributed by atoms with Gasteiger partial charge in [0.25, 0.3) is 0 Å². The minimum absolute atomic E-state index is 0.114. The normalized spacial score (nSPS) is 28.7. The van der Waals surface area contributed by atoms with E-state index in [-0.39, 0.29) is 18.1 Å². The Hall–Kier alpha value is -0.650. The van der Waals surface area contributed by atoms with Crippen LogP contribution in [0.25, 0.3) is 0 Å². The minimum atomic E-state index is 0.114. The van der Waals surface area contributed by atoms with Gasteiger partial charge in [0.1, 0.15) is 6.61 Å². The van der Waals surface area contributed by atoms with Crippen molar-refractivity contribution in [3.8, 4) is 0 Å². The summed E-state index contributed by atoms with van der Waals surface area (Å²) in [6, 6.07) is 0. The van der Waals surface area contributed by atoms with Crippen LogP contribution < -0.4 is 0 Å². The van der Waals surface area contributed by atoms with Crippen LogP contribution in [0.3, 0.4) is 0 Å². The van der Waals surface area contributed by atoms with Crippen LogP contribution in [0.5, 0.6) is 0 Å². The molecular formula is C12H22N2O3. The van der Waals surface area contributed by atoms with Crippen LogP contribution in [0.1, 0.15) is 12.8 Å². The van der Waals surface area contributed by atoms with Crippen LogP contribution >= 0.6 is 0 Å². The molecule has 2 heterocycles. The summed E-state index contributed by atoms with van der Waals surface area (Å²) in [4.78, 5) is 16.1. The monoisotopic (exact) mass is 242 g/mol. The van der Waals surface area contributed by atoms with Gasteiger partial charge in [-0.1, -0.05) is 0 Å². The fourth-order valence-electron chi connectivity index (χ4n) is 2.88. The molecule has 0 radical (unpaired) electrons. The van der Waals surface area contributed by atoms with Gasteiger partial charge in [-0.05, 0) is 12.8 Å². The quantitative estimate of drug-likeness (QED) is 0.678. The van der Waals surface area contributed by atoms with Crippen molar-refractivity contribution in [2.75, 3.05) is 53.6 Å². The van der Waals surface area contributed by atoms with E-state index in [1.54, 1.807) is 14.2 Å². The molecule has 5 heteroatoms. The smallest absolute Gasteiger partial charge is 0.248 e. The molecule has 2 fully saturated rings. The third kappa shape index (κ3) is 2.46. The lowest BCUT2D eigenvalue weighted by molar-refractivity contribution is -0.135.